The highest BCUT2D eigenvalue weighted by atomic mass is 19.4. The van der Waals surface area contributed by atoms with Crippen LogP contribution in [0.15, 0.2) is 24.3 Å². The van der Waals surface area contributed by atoms with Crippen molar-refractivity contribution in [3.05, 3.63) is 29.8 Å². The van der Waals surface area contributed by atoms with Gasteiger partial charge in [-0.1, -0.05) is 12.8 Å². The van der Waals surface area contributed by atoms with Crippen molar-refractivity contribution in [1.29, 1.82) is 0 Å². The molecule has 0 heterocycles. The topological polar surface area (TPSA) is 21.3 Å². The molecule has 0 amide bonds. The minimum atomic E-state index is -4.28. The van der Waals surface area contributed by atoms with E-state index in [0.717, 1.165) is 37.8 Å². The fourth-order valence-corrected chi connectivity index (χ4v) is 2.51. The second kappa shape index (κ2) is 5.82. The molecule has 2 rings (SSSR count). The van der Waals surface area contributed by atoms with Gasteiger partial charge in [-0.05, 0) is 37.1 Å². The molecule has 2 nitrogen and oxygen atoms in total. The number of hydrogen-bond donors (Lipinski definition) is 1. The van der Waals surface area contributed by atoms with Gasteiger partial charge in [-0.25, -0.2) is 0 Å². The van der Waals surface area contributed by atoms with Crippen LogP contribution in [0.25, 0.3) is 0 Å². The van der Waals surface area contributed by atoms with E-state index in [1.807, 2.05) is 0 Å². The number of rotatable bonds is 3. The van der Waals surface area contributed by atoms with Crippen molar-refractivity contribution >= 4 is 5.69 Å². The molecule has 1 aromatic carbocycles. The maximum Gasteiger partial charge on any atom is 0.416 e. The van der Waals surface area contributed by atoms with Crippen LogP contribution in [0.5, 0.6) is 0 Å². The summed E-state index contributed by atoms with van der Waals surface area (Å²) < 4.78 is 42.8. The summed E-state index contributed by atoms with van der Waals surface area (Å²) in [7, 11) is 1.68. The summed E-state index contributed by atoms with van der Waals surface area (Å²) in [5.74, 6) is 0. The molecule has 1 N–H and O–H groups in total. The van der Waals surface area contributed by atoms with Crippen molar-refractivity contribution in [1.82, 2.24) is 0 Å². The largest absolute Gasteiger partial charge is 0.416 e. The number of halogens is 3. The molecule has 0 bridgehead atoms. The molecule has 1 aliphatic carbocycles. The number of anilines is 1. The summed E-state index contributed by atoms with van der Waals surface area (Å²) in [6, 6.07) is 5.34. The maximum atomic E-state index is 12.5. The van der Waals surface area contributed by atoms with Gasteiger partial charge in [0.05, 0.1) is 17.7 Å². The molecule has 2 atom stereocenters. The second-order valence-corrected chi connectivity index (χ2v) is 4.88. The van der Waals surface area contributed by atoms with E-state index in [-0.39, 0.29) is 12.1 Å². The van der Waals surface area contributed by atoms with Crippen LogP contribution in [-0.2, 0) is 10.9 Å². The fraction of sp³-hybridized carbons (Fsp3) is 0.571. The maximum absolute atomic E-state index is 12.5. The molecule has 19 heavy (non-hydrogen) atoms. The van der Waals surface area contributed by atoms with Gasteiger partial charge in [0.25, 0.3) is 0 Å². The van der Waals surface area contributed by atoms with Crippen LogP contribution < -0.4 is 5.32 Å². The monoisotopic (exact) mass is 273 g/mol. The predicted molar refractivity (Wildman–Crippen MR) is 68.1 cm³/mol. The first kappa shape index (κ1) is 14.2. The Hall–Kier alpha value is -1.23. The number of ether oxygens (including phenoxy) is 1. The Morgan fingerprint density at radius 1 is 1.11 bits per heavy atom. The van der Waals surface area contributed by atoms with Gasteiger partial charge in [0.15, 0.2) is 0 Å². The third-order valence-electron chi connectivity index (χ3n) is 3.57. The summed E-state index contributed by atoms with van der Waals surface area (Å²) in [4.78, 5) is 0. The lowest BCUT2D eigenvalue weighted by Crippen LogP contribution is -2.37. The van der Waals surface area contributed by atoms with Crippen LogP contribution >= 0.6 is 0 Å². The number of nitrogens with one attached hydrogen (secondary N) is 1. The molecule has 1 saturated carbocycles. The highest BCUT2D eigenvalue weighted by Crippen LogP contribution is 2.30. The Morgan fingerprint density at radius 2 is 1.74 bits per heavy atom. The summed E-state index contributed by atoms with van der Waals surface area (Å²) >= 11 is 0. The lowest BCUT2D eigenvalue weighted by molar-refractivity contribution is -0.137. The molecular formula is C14H18F3NO. The lowest BCUT2D eigenvalue weighted by Gasteiger charge is -2.31. The highest BCUT2D eigenvalue weighted by Gasteiger charge is 2.30. The fourth-order valence-electron chi connectivity index (χ4n) is 2.51. The van der Waals surface area contributed by atoms with Crippen molar-refractivity contribution in [2.24, 2.45) is 0 Å². The van der Waals surface area contributed by atoms with Gasteiger partial charge in [-0.2, -0.15) is 13.2 Å². The summed E-state index contributed by atoms with van der Waals surface area (Å²) in [5, 5.41) is 3.27. The van der Waals surface area contributed by atoms with E-state index in [1.165, 1.54) is 12.1 Å². The van der Waals surface area contributed by atoms with Gasteiger partial charge in [0, 0.05) is 12.8 Å². The Balaban J connectivity index is 2.02. The first-order chi connectivity index (χ1) is 9.00. The third-order valence-corrected chi connectivity index (χ3v) is 3.57. The van der Waals surface area contributed by atoms with Crippen molar-refractivity contribution in [3.63, 3.8) is 0 Å². The van der Waals surface area contributed by atoms with Crippen LogP contribution in [0.2, 0.25) is 0 Å². The van der Waals surface area contributed by atoms with Crippen LogP contribution in [0.3, 0.4) is 0 Å². The molecule has 2 unspecified atom stereocenters. The van der Waals surface area contributed by atoms with Gasteiger partial charge in [-0.3, -0.25) is 0 Å². The third kappa shape index (κ3) is 3.62. The quantitative estimate of drug-likeness (QED) is 0.896. The van der Waals surface area contributed by atoms with Gasteiger partial charge in [0.2, 0.25) is 0 Å². The van der Waals surface area contributed by atoms with Crippen molar-refractivity contribution < 1.29 is 17.9 Å². The van der Waals surface area contributed by atoms with E-state index < -0.39 is 11.7 Å². The number of benzene rings is 1. The molecule has 106 valence electrons. The Kier molecular flexibility index (Phi) is 4.34. The van der Waals surface area contributed by atoms with Crippen LogP contribution in [0.1, 0.15) is 31.2 Å². The zero-order valence-electron chi connectivity index (χ0n) is 10.8. The number of hydrogen-bond acceptors (Lipinski definition) is 2. The molecule has 0 radical (unpaired) electrons. The van der Waals surface area contributed by atoms with Gasteiger partial charge < -0.3 is 10.1 Å². The molecule has 0 spiro atoms. The number of alkyl halides is 3. The highest BCUT2D eigenvalue weighted by molar-refractivity contribution is 5.46. The molecular weight excluding hydrogens is 255 g/mol. The van der Waals surface area contributed by atoms with Crippen LogP contribution in [0.4, 0.5) is 18.9 Å². The standard InChI is InChI=1S/C14H18F3NO/c1-19-13-5-3-2-4-12(13)18-11-8-6-10(7-9-11)14(15,16)17/h6-9,12-13,18H,2-5H2,1H3. The zero-order valence-corrected chi connectivity index (χ0v) is 10.8. The average molecular weight is 273 g/mol. The van der Waals surface area contributed by atoms with Gasteiger partial charge in [0.1, 0.15) is 0 Å². The molecule has 0 aromatic heterocycles. The summed E-state index contributed by atoms with van der Waals surface area (Å²) in [6.45, 7) is 0. The smallest absolute Gasteiger partial charge is 0.380 e. The second-order valence-electron chi connectivity index (χ2n) is 4.88. The van der Waals surface area contributed by atoms with E-state index in [4.69, 9.17) is 4.74 Å². The molecule has 1 aliphatic rings. The van der Waals surface area contributed by atoms with Gasteiger partial charge >= 0.3 is 6.18 Å². The van der Waals surface area contributed by atoms with Crippen molar-refractivity contribution in [3.8, 4) is 0 Å². The van der Waals surface area contributed by atoms with E-state index in [1.54, 1.807) is 7.11 Å². The minimum absolute atomic E-state index is 0.135. The Labute approximate surface area is 111 Å². The van der Waals surface area contributed by atoms with E-state index in [9.17, 15) is 13.2 Å². The normalized spacial score (nSPS) is 24.2. The number of methoxy groups -OCH3 is 1. The van der Waals surface area contributed by atoms with Crippen molar-refractivity contribution in [2.45, 2.75) is 44.0 Å². The van der Waals surface area contributed by atoms with E-state index in [0.29, 0.717) is 5.69 Å². The van der Waals surface area contributed by atoms with Crippen LogP contribution in [-0.4, -0.2) is 19.3 Å². The Morgan fingerprint density at radius 3 is 2.32 bits per heavy atom. The Bertz CT molecular complexity index is 402. The molecule has 1 fully saturated rings. The van der Waals surface area contributed by atoms with Gasteiger partial charge in [-0.15, -0.1) is 0 Å². The molecule has 1 aromatic rings. The first-order valence-corrected chi connectivity index (χ1v) is 6.47. The summed E-state index contributed by atoms with van der Waals surface area (Å²) in [5.41, 5.74) is 0.0898. The lowest BCUT2D eigenvalue weighted by atomic mass is 9.92. The molecule has 0 saturated heterocycles. The molecule has 0 aliphatic heterocycles. The first-order valence-electron chi connectivity index (χ1n) is 6.47. The predicted octanol–water partition coefficient (Wildman–Crippen LogP) is 4.07. The minimum Gasteiger partial charge on any atom is -0.380 e. The van der Waals surface area contributed by atoms with E-state index >= 15 is 0 Å². The zero-order chi connectivity index (χ0) is 13.9. The molecule has 5 heteroatoms. The summed E-state index contributed by atoms with van der Waals surface area (Å²) in [6.07, 6.45) is 0.102. The van der Waals surface area contributed by atoms with E-state index in [2.05, 4.69) is 5.32 Å². The SMILES string of the molecule is COC1CCCCC1Nc1ccc(C(F)(F)F)cc1. The average Bonchev–Trinajstić information content (AvgIpc) is 2.39. The van der Waals surface area contributed by atoms with Crippen molar-refractivity contribution in [2.75, 3.05) is 12.4 Å². The van der Waals surface area contributed by atoms with Crippen LogP contribution in [0, 0.1) is 0 Å².